The molecule has 1 aromatic heterocycles. The van der Waals surface area contributed by atoms with Crippen LogP contribution < -0.4 is 30.2 Å². The highest BCUT2D eigenvalue weighted by molar-refractivity contribution is 6.04. The predicted octanol–water partition coefficient (Wildman–Crippen LogP) is 3.16. The van der Waals surface area contributed by atoms with E-state index in [-0.39, 0.29) is 11.7 Å². The first kappa shape index (κ1) is 20.4. The predicted molar refractivity (Wildman–Crippen MR) is 114 cm³/mol. The molecule has 0 fully saturated rings. The first-order valence-corrected chi connectivity index (χ1v) is 9.51. The molecule has 0 spiro atoms. The Hall–Kier alpha value is -3.85. The van der Waals surface area contributed by atoms with Crippen LogP contribution in [0.25, 0.3) is 10.9 Å². The zero-order valence-corrected chi connectivity index (χ0v) is 17.0. The molecule has 0 saturated carbocycles. The van der Waals surface area contributed by atoms with E-state index in [0.29, 0.717) is 52.6 Å². The van der Waals surface area contributed by atoms with E-state index >= 15 is 0 Å². The van der Waals surface area contributed by atoms with Crippen LogP contribution >= 0.6 is 0 Å². The molecule has 0 radical (unpaired) electrons. The molecule has 9 heteroatoms. The highest BCUT2D eigenvalue weighted by atomic mass is 19.1. The van der Waals surface area contributed by atoms with E-state index in [9.17, 15) is 9.18 Å². The minimum Gasteiger partial charge on any atom is -0.493 e. The Morgan fingerprint density at radius 2 is 1.87 bits per heavy atom. The smallest absolute Gasteiger partial charge is 0.254 e. The fourth-order valence-corrected chi connectivity index (χ4v) is 3.17. The van der Waals surface area contributed by atoms with Crippen molar-refractivity contribution >= 4 is 22.5 Å². The van der Waals surface area contributed by atoms with E-state index in [1.165, 1.54) is 26.4 Å². The fourth-order valence-electron chi connectivity index (χ4n) is 3.17. The monoisotopic (exact) mass is 424 g/mol. The second-order valence-corrected chi connectivity index (χ2v) is 6.71. The third-order valence-electron chi connectivity index (χ3n) is 4.73. The molecule has 3 aromatic rings. The molecule has 2 heterocycles. The quantitative estimate of drug-likeness (QED) is 0.560. The molecule has 8 nitrogen and oxygen atoms in total. The molecule has 160 valence electrons. The number of ether oxygens (including phenoxy) is 3. The van der Waals surface area contributed by atoms with Crippen molar-refractivity contribution in [2.45, 2.75) is 0 Å². The number of hydrogen-bond donors (Lipinski definition) is 3. The molecule has 0 atom stereocenters. The van der Waals surface area contributed by atoms with Crippen molar-refractivity contribution in [1.29, 1.82) is 0 Å². The Balaban J connectivity index is 1.57. The Morgan fingerprint density at radius 1 is 1.06 bits per heavy atom. The number of carbonyl (C=O) groups is 1. The van der Waals surface area contributed by atoms with Crippen molar-refractivity contribution in [3.8, 4) is 23.0 Å². The van der Waals surface area contributed by atoms with Gasteiger partial charge in [-0.3, -0.25) is 15.1 Å². The van der Waals surface area contributed by atoms with Gasteiger partial charge in [-0.15, -0.1) is 0 Å². The van der Waals surface area contributed by atoms with Crippen molar-refractivity contribution in [1.82, 2.24) is 15.6 Å². The van der Waals surface area contributed by atoms with E-state index in [1.54, 1.807) is 36.7 Å². The minimum atomic E-state index is -0.614. The number of rotatable bonds is 6. The van der Waals surface area contributed by atoms with Crippen molar-refractivity contribution < 1.29 is 23.4 Å². The zero-order valence-electron chi connectivity index (χ0n) is 17.0. The molecule has 3 N–H and O–H groups in total. The lowest BCUT2D eigenvalue weighted by atomic mass is 10.1. The summed E-state index contributed by atoms with van der Waals surface area (Å²) in [6.45, 7) is 1.03. The Labute approximate surface area is 178 Å². The van der Waals surface area contributed by atoms with Gasteiger partial charge in [0.15, 0.2) is 23.1 Å². The number of aromatic nitrogens is 1. The molecule has 2 aromatic carbocycles. The number of anilines is 1. The van der Waals surface area contributed by atoms with Crippen molar-refractivity contribution in [3.63, 3.8) is 0 Å². The number of carbonyl (C=O) groups excluding carboxylic acids is 1. The zero-order chi connectivity index (χ0) is 21.8. The van der Waals surface area contributed by atoms with Crippen LogP contribution in [0.15, 0.2) is 54.4 Å². The van der Waals surface area contributed by atoms with Crippen LogP contribution in [0.5, 0.6) is 23.0 Å². The molecule has 0 bridgehead atoms. The molecule has 0 unspecified atom stereocenters. The number of nitrogens with one attached hydrogen (secondary N) is 3. The van der Waals surface area contributed by atoms with Crippen molar-refractivity contribution in [3.05, 3.63) is 60.2 Å². The molecule has 31 heavy (non-hydrogen) atoms. The number of amides is 1. The summed E-state index contributed by atoms with van der Waals surface area (Å²) < 4.78 is 31.2. The number of fused-ring (bicyclic) bond motifs is 1. The largest absolute Gasteiger partial charge is 0.493 e. The summed E-state index contributed by atoms with van der Waals surface area (Å²) in [6.07, 6.45) is 3.20. The van der Waals surface area contributed by atoms with Gasteiger partial charge in [0.05, 0.1) is 26.4 Å². The van der Waals surface area contributed by atoms with E-state index in [4.69, 9.17) is 14.2 Å². The normalized spacial score (nSPS) is 13.2. The SMILES string of the molecule is COc1cc2nccc(Oc3ccc(NC(=O)C4=CNCNC4)cc3F)c2cc1OC. The van der Waals surface area contributed by atoms with Crippen LogP contribution in [-0.2, 0) is 4.79 Å². The van der Waals surface area contributed by atoms with E-state index in [0.717, 1.165) is 0 Å². The summed E-state index contributed by atoms with van der Waals surface area (Å²) in [5, 5.41) is 9.27. The van der Waals surface area contributed by atoms with E-state index in [1.807, 2.05) is 0 Å². The van der Waals surface area contributed by atoms with Gasteiger partial charge in [0.25, 0.3) is 5.91 Å². The van der Waals surface area contributed by atoms with Gasteiger partial charge in [-0.05, 0) is 24.3 Å². The van der Waals surface area contributed by atoms with Crippen LogP contribution in [-0.4, -0.2) is 38.3 Å². The Kier molecular flexibility index (Phi) is 5.85. The Bertz CT molecular complexity index is 1170. The molecule has 0 saturated heterocycles. The number of hydrogen-bond acceptors (Lipinski definition) is 7. The average Bonchev–Trinajstić information content (AvgIpc) is 2.80. The van der Waals surface area contributed by atoms with Gasteiger partial charge in [-0.25, -0.2) is 4.39 Å². The maximum atomic E-state index is 14.7. The Morgan fingerprint density at radius 3 is 2.58 bits per heavy atom. The number of pyridine rings is 1. The summed E-state index contributed by atoms with van der Waals surface area (Å²) in [6, 6.07) is 9.34. The van der Waals surface area contributed by atoms with E-state index in [2.05, 4.69) is 20.9 Å². The fraction of sp³-hybridized carbons (Fsp3) is 0.182. The third kappa shape index (κ3) is 4.36. The van der Waals surface area contributed by atoms with Gasteiger partial charge < -0.3 is 24.8 Å². The molecule has 0 aliphatic carbocycles. The molecule has 4 rings (SSSR count). The number of nitrogens with zero attached hydrogens (tertiary/aromatic N) is 1. The lowest BCUT2D eigenvalue weighted by Gasteiger charge is -2.16. The van der Waals surface area contributed by atoms with Gasteiger partial charge in [-0.2, -0.15) is 0 Å². The average molecular weight is 424 g/mol. The number of methoxy groups -OCH3 is 2. The first-order chi connectivity index (χ1) is 15.1. The summed E-state index contributed by atoms with van der Waals surface area (Å²) in [5.74, 6) is 0.537. The van der Waals surface area contributed by atoms with Crippen molar-refractivity contribution in [2.75, 3.05) is 32.7 Å². The van der Waals surface area contributed by atoms with Crippen molar-refractivity contribution in [2.24, 2.45) is 0 Å². The second-order valence-electron chi connectivity index (χ2n) is 6.71. The standard InChI is InChI=1S/C22H21FN4O4/c1-29-20-8-15-17(9-21(20)30-2)26-6-5-18(15)31-19-4-3-14(7-16(19)23)27-22(28)13-10-24-12-25-11-13/h3-10,24-25H,11-12H2,1-2H3,(H,27,28). The minimum absolute atomic E-state index is 0.0144. The van der Waals surface area contributed by atoms with Crippen LogP contribution in [0.2, 0.25) is 0 Å². The molecule has 1 aliphatic rings. The summed E-state index contributed by atoms with van der Waals surface area (Å²) in [4.78, 5) is 16.6. The van der Waals surface area contributed by atoms with Crippen LogP contribution in [0.1, 0.15) is 0 Å². The highest BCUT2D eigenvalue weighted by Crippen LogP contribution is 2.37. The summed E-state index contributed by atoms with van der Waals surface area (Å²) in [7, 11) is 3.07. The van der Waals surface area contributed by atoms with Gasteiger partial charge >= 0.3 is 0 Å². The maximum Gasteiger partial charge on any atom is 0.254 e. The van der Waals surface area contributed by atoms with Crippen LogP contribution in [0.4, 0.5) is 10.1 Å². The molecular formula is C22H21FN4O4. The van der Waals surface area contributed by atoms with Gasteiger partial charge in [0.1, 0.15) is 5.75 Å². The van der Waals surface area contributed by atoms with Crippen LogP contribution in [0, 0.1) is 5.82 Å². The molecule has 1 aliphatic heterocycles. The van der Waals surface area contributed by atoms with E-state index < -0.39 is 5.82 Å². The highest BCUT2D eigenvalue weighted by Gasteiger charge is 2.15. The topological polar surface area (TPSA) is 93.7 Å². The van der Waals surface area contributed by atoms with Gasteiger partial charge in [0, 0.05) is 47.7 Å². The second kappa shape index (κ2) is 8.88. The number of benzene rings is 2. The lowest BCUT2D eigenvalue weighted by Crippen LogP contribution is -2.36. The molecule has 1 amide bonds. The third-order valence-corrected chi connectivity index (χ3v) is 4.73. The van der Waals surface area contributed by atoms with Gasteiger partial charge in [0.2, 0.25) is 0 Å². The summed E-state index contributed by atoms with van der Waals surface area (Å²) in [5.41, 5.74) is 1.47. The van der Waals surface area contributed by atoms with Crippen LogP contribution in [0.3, 0.4) is 0 Å². The van der Waals surface area contributed by atoms with Gasteiger partial charge in [-0.1, -0.05) is 0 Å². The first-order valence-electron chi connectivity index (χ1n) is 9.51. The lowest BCUT2D eigenvalue weighted by molar-refractivity contribution is -0.113. The molecular weight excluding hydrogens is 403 g/mol. The summed E-state index contributed by atoms with van der Waals surface area (Å²) >= 11 is 0. The number of halogens is 1. The maximum absolute atomic E-state index is 14.7.